The van der Waals surface area contributed by atoms with Gasteiger partial charge in [-0.2, -0.15) is 0 Å². The number of fused-ring (bicyclic) bond motifs is 1. The van der Waals surface area contributed by atoms with E-state index in [1.165, 1.54) is 0 Å². The molecule has 32 heavy (non-hydrogen) atoms. The van der Waals surface area contributed by atoms with Crippen LogP contribution in [0.25, 0.3) is 22.2 Å². The largest absolute Gasteiger partial charge is 0.478 e. The van der Waals surface area contributed by atoms with Crippen molar-refractivity contribution in [3.05, 3.63) is 82.4 Å². The minimum atomic E-state index is -0.976. The zero-order valence-electron chi connectivity index (χ0n) is 17.8. The third-order valence-electron chi connectivity index (χ3n) is 5.53. The zero-order valence-corrected chi connectivity index (χ0v) is 18.5. The maximum atomic E-state index is 11.6. The molecular formula is C25H24ClN3O3. The minimum Gasteiger partial charge on any atom is -0.478 e. The number of carboxylic acids is 1. The summed E-state index contributed by atoms with van der Waals surface area (Å²) in [6, 6.07) is 16.6. The van der Waals surface area contributed by atoms with E-state index in [9.17, 15) is 15.0 Å². The van der Waals surface area contributed by atoms with E-state index in [4.69, 9.17) is 11.6 Å². The molecule has 0 spiro atoms. The van der Waals surface area contributed by atoms with Crippen molar-refractivity contribution in [3.8, 4) is 11.3 Å². The van der Waals surface area contributed by atoms with Crippen molar-refractivity contribution in [2.45, 2.75) is 39.3 Å². The number of pyridine rings is 1. The van der Waals surface area contributed by atoms with Crippen LogP contribution >= 0.6 is 11.6 Å². The van der Waals surface area contributed by atoms with Gasteiger partial charge in [-0.25, -0.2) is 14.8 Å². The molecule has 2 aromatic carbocycles. The van der Waals surface area contributed by atoms with Crippen molar-refractivity contribution >= 4 is 28.5 Å². The van der Waals surface area contributed by atoms with Crippen molar-refractivity contribution in [2.75, 3.05) is 0 Å². The number of nitrogens with zero attached hydrogens (tertiary/aromatic N) is 3. The molecule has 2 aromatic heterocycles. The molecule has 2 heterocycles. The molecule has 0 bridgehead atoms. The Labute approximate surface area is 191 Å². The number of unbranched alkanes of at least 4 members (excludes halogenated alkanes) is 1. The molecule has 0 aliphatic heterocycles. The number of carboxylic acid groups (broad SMARTS) is 1. The van der Waals surface area contributed by atoms with Gasteiger partial charge in [0.1, 0.15) is 5.82 Å². The third kappa shape index (κ3) is 4.38. The number of hydrogen-bond acceptors (Lipinski definition) is 4. The van der Waals surface area contributed by atoms with E-state index in [0.29, 0.717) is 28.6 Å². The Morgan fingerprint density at radius 2 is 1.91 bits per heavy atom. The summed E-state index contributed by atoms with van der Waals surface area (Å²) in [7, 11) is 0. The van der Waals surface area contributed by atoms with Crippen LogP contribution in [-0.2, 0) is 19.6 Å². The van der Waals surface area contributed by atoms with Crippen LogP contribution < -0.4 is 0 Å². The number of carbonyl (C=O) groups is 1. The summed E-state index contributed by atoms with van der Waals surface area (Å²) in [6.07, 6.45) is 2.85. The molecule has 0 aliphatic carbocycles. The molecule has 0 atom stereocenters. The molecule has 0 saturated heterocycles. The Morgan fingerprint density at radius 3 is 2.66 bits per heavy atom. The molecule has 7 heteroatoms. The van der Waals surface area contributed by atoms with Crippen LogP contribution in [0.3, 0.4) is 0 Å². The quantitative estimate of drug-likeness (QED) is 0.379. The lowest BCUT2D eigenvalue weighted by Crippen LogP contribution is -2.09. The topological polar surface area (TPSA) is 88.2 Å². The van der Waals surface area contributed by atoms with Crippen LogP contribution in [-0.4, -0.2) is 30.7 Å². The first-order valence-electron chi connectivity index (χ1n) is 10.6. The van der Waals surface area contributed by atoms with Gasteiger partial charge in [0.2, 0.25) is 0 Å². The van der Waals surface area contributed by atoms with Gasteiger partial charge in [0.05, 0.1) is 29.1 Å². The highest BCUT2D eigenvalue weighted by Gasteiger charge is 2.16. The molecule has 0 saturated carbocycles. The van der Waals surface area contributed by atoms with Crippen LogP contribution in [0, 0.1) is 0 Å². The van der Waals surface area contributed by atoms with Gasteiger partial charge in [-0.15, -0.1) is 0 Å². The van der Waals surface area contributed by atoms with Gasteiger partial charge < -0.3 is 14.8 Å². The Hall–Kier alpha value is -3.22. The number of rotatable bonds is 8. The fraction of sp³-hybridized carbons (Fsp3) is 0.240. The van der Waals surface area contributed by atoms with Crippen molar-refractivity contribution in [1.82, 2.24) is 14.5 Å². The van der Waals surface area contributed by atoms with Crippen LogP contribution in [0.4, 0.5) is 0 Å². The molecule has 0 aliphatic rings. The fourth-order valence-corrected chi connectivity index (χ4v) is 4.13. The number of aliphatic hydroxyl groups is 1. The third-order valence-corrected chi connectivity index (χ3v) is 5.84. The SMILES string of the molecule is CCCCc1nc(Cl)c(CO)n1Cc1ccc2nc(-c3ccccc3C(=O)O)ccc2c1. The molecule has 0 amide bonds. The lowest BCUT2D eigenvalue weighted by molar-refractivity contribution is 0.0697. The number of aliphatic hydroxyl groups excluding tert-OH is 1. The Bertz CT molecular complexity index is 1280. The predicted octanol–water partition coefficient (Wildman–Crippen LogP) is 5.33. The molecule has 0 radical (unpaired) electrons. The van der Waals surface area contributed by atoms with Gasteiger partial charge in [0.15, 0.2) is 5.15 Å². The standard InChI is InChI=1S/C25H24ClN3O3/c1-2-3-8-23-28-24(26)22(15-30)29(23)14-16-9-11-20-17(13-16)10-12-21(27-20)18-6-4-5-7-19(18)25(31)32/h4-7,9-13,30H,2-3,8,14-15H2,1H3,(H,31,32). The van der Waals surface area contributed by atoms with Crippen LogP contribution in [0.1, 0.15) is 47.2 Å². The van der Waals surface area contributed by atoms with Gasteiger partial charge in [-0.1, -0.05) is 55.3 Å². The lowest BCUT2D eigenvalue weighted by atomic mass is 10.0. The Balaban J connectivity index is 1.68. The molecule has 2 N–H and O–H groups in total. The maximum Gasteiger partial charge on any atom is 0.336 e. The molecule has 164 valence electrons. The monoisotopic (exact) mass is 449 g/mol. The van der Waals surface area contributed by atoms with Gasteiger partial charge in [-0.3, -0.25) is 0 Å². The molecular weight excluding hydrogens is 426 g/mol. The van der Waals surface area contributed by atoms with Crippen molar-refractivity contribution in [2.24, 2.45) is 0 Å². The van der Waals surface area contributed by atoms with E-state index >= 15 is 0 Å². The first kappa shape index (κ1) is 22.0. The van der Waals surface area contributed by atoms with Crippen molar-refractivity contribution in [3.63, 3.8) is 0 Å². The zero-order chi connectivity index (χ0) is 22.7. The number of benzene rings is 2. The molecule has 4 rings (SSSR count). The molecule has 6 nitrogen and oxygen atoms in total. The van der Waals surface area contributed by atoms with Crippen molar-refractivity contribution < 1.29 is 15.0 Å². The highest BCUT2D eigenvalue weighted by Crippen LogP contribution is 2.26. The summed E-state index contributed by atoms with van der Waals surface area (Å²) < 4.78 is 1.99. The second-order valence-electron chi connectivity index (χ2n) is 7.69. The van der Waals surface area contributed by atoms with Crippen molar-refractivity contribution in [1.29, 1.82) is 0 Å². The first-order valence-corrected chi connectivity index (χ1v) is 11.0. The average molecular weight is 450 g/mol. The Kier molecular flexibility index (Phi) is 6.53. The Morgan fingerprint density at radius 1 is 1.09 bits per heavy atom. The summed E-state index contributed by atoms with van der Waals surface area (Å²) in [6.45, 7) is 2.51. The summed E-state index contributed by atoms with van der Waals surface area (Å²) in [5.41, 5.74) is 3.88. The van der Waals surface area contributed by atoms with Gasteiger partial charge in [-0.05, 0) is 36.2 Å². The second kappa shape index (κ2) is 9.51. The summed E-state index contributed by atoms with van der Waals surface area (Å²) in [5, 5.41) is 20.6. The highest BCUT2D eigenvalue weighted by molar-refractivity contribution is 6.30. The summed E-state index contributed by atoms with van der Waals surface area (Å²) in [4.78, 5) is 20.7. The first-order chi connectivity index (χ1) is 15.5. The van der Waals surface area contributed by atoms with E-state index in [2.05, 4.69) is 16.9 Å². The van der Waals surface area contributed by atoms with Crippen LogP contribution in [0.2, 0.25) is 5.15 Å². The van der Waals surface area contributed by atoms with E-state index in [-0.39, 0.29) is 12.2 Å². The highest BCUT2D eigenvalue weighted by atomic mass is 35.5. The molecule has 0 fully saturated rings. The van der Waals surface area contributed by atoms with E-state index in [1.807, 2.05) is 41.0 Å². The van der Waals surface area contributed by atoms with Crippen LogP contribution in [0.15, 0.2) is 54.6 Å². The number of aromatic carboxylic acids is 1. The summed E-state index contributed by atoms with van der Waals surface area (Å²) in [5.74, 6) is -0.102. The molecule has 4 aromatic rings. The van der Waals surface area contributed by atoms with E-state index in [0.717, 1.165) is 41.6 Å². The fourth-order valence-electron chi connectivity index (χ4n) is 3.87. The number of aromatic nitrogens is 3. The van der Waals surface area contributed by atoms with Gasteiger partial charge >= 0.3 is 5.97 Å². The maximum absolute atomic E-state index is 11.6. The number of hydrogen-bond donors (Lipinski definition) is 2. The second-order valence-corrected chi connectivity index (χ2v) is 8.05. The lowest BCUT2D eigenvalue weighted by Gasteiger charge is -2.12. The number of halogens is 1. The normalized spacial score (nSPS) is 11.2. The average Bonchev–Trinajstić information content (AvgIpc) is 3.10. The smallest absolute Gasteiger partial charge is 0.336 e. The van der Waals surface area contributed by atoms with E-state index < -0.39 is 5.97 Å². The minimum absolute atomic E-state index is 0.167. The number of aryl methyl sites for hydroxylation is 1. The van der Waals surface area contributed by atoms with E-state index in [1.54, 1.807) is 18.2 Å². The predicted molar refractivity (Wildman–Crippen MR) is 125 cm³/mol. The van der Waals surface area contributed by atoms with Gasteiger partial charge in [0, 0.05) is 23.9 Å². The molecule has 0 unspecified atom stereocenters. The van der Waals surface area contributed by atoms with Gasteiger partial charge in [0.25, 0.3) is 0 Å². The van der Waals surface area contributed by atoms with Crippen LogP contribution in [0.5, 0.6) is 0 Å². The summed E-state index contributed by atoms with van der Waals surface area (Å²) >= 11 is 6.26. The number of imidazole rings is 1.